The minimum Gasteiger partial charge on any atom is -0.393 e. The topological polar surface area (TPSA) is 73.7 Å². The van der Waals surface area contributed by atoms with Gasteiger partial charge in [-0.25, -0.2) is 13.4 Å². The number of nitrogens with zero attached hydrogens (tertiary/aromatic N) is 3. The molecule has 0 radical (unpaired) electrons. The lowest BCUT2D eigenvalue weighted by molar-refractivity contribution is 0.145. The summed E-state index contributed by atoms with van der Waals surface area (Å²) in [6.45, 7) is 2.15. The summed E-state index contributed by atoms with van der Waals surface area (Å²) in [6, 6.07) is 5.67. The Morgan fingerprint density at radius 3 is 2.59 bits per heavy atom. The van der Waals surface area contributed by atoms with Crippen LogP contribution in [0.2, 0.25) is 0 Å². The Morgan fingerprint density at radius 1 is 1.18 bits per heavy atom. The molecular weight excluding hydrogens is 302 g/mol. The van der Waals surface area contributed by atoms with Crippen molar-refractivity contribution >= 4 is 15.8 Å². The average molecular weight is 325 g/mol. The Labute approximate surface area is 131 Å². The fourth-order valence-corrected chi connectivity index (χ4v) is 4.47. The van der Waals surface area contributed by atoms with Gasteiger partial charge in [0, 0.05) is 19.6 Å². The van der Waals surface area contributed by atoms with Crippen molar-refractivity contribution in [1.82, 2.24) is 9.29 Å². The third kappa shape index (κ3) is 3.26. The van der Waals surface area contributed by atoms with Crippen LogP contribution in [0.1, 0.15) is 37.4 Å². The van der Waals surface area contributed by atoms with Crippen LogP contribution in [0.4, 0.5) is 5.82 Å². The van der Waals surface area contributed by atoms with Gasteiger partial charge in [-0.05, 0) is 37.8 Å². The molecule has 7 heteroatoms. The number of aromatic nitrogens is 1. The van der Waals surface area contributed by atoms with E-state index in [9.17, 15) is 13.5 Å². The predicted octanol–water partition coefficient (Wildman–Crippen LogP) is 1.14. The van der Waals surface area contributed by atoms with Crippen LogP contribution >= 0.6 is 0 Å². The predicted molar refractivity (Wildman–Crippen MR) is 85.2 cm³/mol. The number of rotatable bonds is 3. The Kier molecular flexibility index (Phi) is 4.38. The first-order valence-electron chi connectivity index (χ1n) is 7.82. The molecule has 2 aliphatic heterocycles. The SMILES string of the molecule is CS(=O)(=O)N1CCC[C@@H]1c1cccc(N2CCC(O)CC2)n1. The number of hydrogen-bond acceptors (Lipinski definition) is 5. The van der Waals surface area contributed by atoms with E-state index in [1.165, 1.54) is 6.26 Å². The highest BCUT2D eigenvalue weighted by Gasteiger charge is 2.33. The lowest BCUT2D eigenvalue weighted by Crippen LogP contribution is -2.36. The smallest absolute Gasteiger partial charge is 0.211 e. The van der Waals surface area contributed by atoms with Gasteiger partial charge in [-0.2, -0.15) is 4.31 Å². The summed E-state index contributed by atoms with van der Waals surface area (Å²) in [6.07, 6.45) is 4.26. The van der Waals surface area contributed by atoms with E-state index in [1.807, 2.05) is 18.2 Å². The summed E-state index contributed by atoms with van der Waals surface area (Å²) < 4.78 is 25.4. The Hall–Kier alpha value is -1.18. The van der Waals surface area contributed by atoms with Crippen molar-refractivity contribution in [3.8, 4) is 0 Å². The summed E-state index contributed by atoms with van der Waals surface area (Å²) >= 11 is 0. The van der Waals surface area contributed by atoms with Crippen LogP contribution in [0, 0.1) is 0 Å². The van der Waals surface area contributed by atoms with E-state index < -0.39 is 10.0 Å². The van der Waals surface area contributed by atoms with Crippen LogP contribution in [0.15, 0.2) is 18.2 Å². The van der Waals surface area contributed by atoms with E-state index in [2.05, 4.69) is 4.90 Å². The fourth-order valence-electron chi connectivity index (χ4n) is 3.33. The van der Waals surface area contributed by atoms with Gasteiger partial charge in [-0.1, -0.05) is 6.07 Å². The minimum absolute atomic E-state index is 0.148. The second-order valence-electron chi connectivity index (χ2n) is 6.17. The molecule has 1 atom stereocenters. The van der Waals surface area contributed by atoms with Crippen LogP contribution in [0.5, 0.6) is 0 Å². The highest BCUT2D eigenvalue weighted by atomic mass is 32.2. The zero-order chi connectivity index (χ0) is 15.7. The normalized spacial score (nSPS) is 24.8. The maximum Gasteiger partial charge on any atom is 0.211 e. The summed E-state index contributed by atoms with van der Waals surface area (Å²) in [5.41, 5.74) is 0.826. The highest BCUT2D eigenvalue weighted by molar-refractivity contribution is 7.88. The average Bonchev–Trinajstić information content (AvgIpc) is 2.98. The lowest BCUT2D eigenvalue weighted by atomic mass is 10.1. The quantitative estimate of drug-likeness (QED) is 0.902. The molecule has 3 heterocycles. The molecule has 0 saturated carbocycles. The summed E-state index contributed by atoms with van der Waals surface area (Å²) in [5, 5.41) is 9.60. The molecule has 0 aromatic carbocycles. The summed E-state index contributed by atoms with van der Waals surface area (Å²) in [5.74, 6) is 0.879. The van der Waals surface area contributed by atoms with Gasteiger partial charge < -0.3 is 10.0 Å². The molecule has 1 N–H and O–H groups in total. The summed E-state index contributed by atoms with van der Waals surface area (Å²) in [4.78, 5) is 6.87. The van der Waals surface area contributed by atoms with Crippen molar-refractivity contribution in [3.63, 3.8) is 0 Å². The Bertz CT molecular complexity index is 627. The summed E-state index contributed by atoms with van der Waals surface area (Å²) in [7, 11) is -3.20. The molecule has 2 fully saturated rings. The number of sulfonamides is 1. The number of aliphatic hydroxyl groups excluding tert-OH is 1. The van der Waals surface area contributed by atoms with Crippen LogP contribution < -0.4 is 4.90 Å². The van der Waals surface area contributed by atoms with Crippen LogP contribution in [0.25, 0.3) is 0 Å². The monoisotopic (exact) mass is 325 g/mol. The van der Waals surface area contributed by atoms with Gasteiger partial charge >= 0.3 is 0 Å². The molecule has 0 aliphatic carbocycles. The molecule has 2 saturated heterocycles. The Balaban J connectivity index is 1.82. The van der Waals surface area contributed by atoms with E-state index in [0.717, 1.165) is 50.3 Å². The van der Waals surface area contributed by atoms with Gasteiger partial charge in [-0.3, -0.25) is 0 Å². The van der Waals surface area contributed by atoms with E-state index in [4.69, 9.17) is 4.98 Å². The van der Waals surface area contributed by atoms with E-state index >= 15 is 0 Å². The number of piperidine rings is 1. The highest BCUT2D eigenvalue weighted by Crippen LogP contribution is 2.33. The largest absolute Gasteiger partial charge is 0.393 e. The maximum atomic E-state index is 11.9. The molecule has 2 aliphatic rings. The second kappa shape index (κ2) is 6.14. The lowest BCUT2D eigenvalue weighted by Gasteiger charge is -2.31. The van der Waals surface area contributed by atoms with Gasteiger partial charge in [0.05, 0.1) is 24.1 Å². The third-order valence-corrected chi connectivity index (χ3v) is 5.80. The van der Waals surface area contributed by atoms with E-state index in [-0.39, 0.29) is 12.1 Å². The third-order valence-electron chi connectivity index (χ3n) is 4.52. The van der Waals surface area contributed by atoms with E-state index in [1.54, 1.807) is 4.31 Å². The second-order valence-corrected chi connectivity index (χ2v) is 8.11. The number of anilines is 1. The molecule has 0 amide bonds. The van der Waals surface area contributed by atoms with Crippen molar-refractivity contribution in [3.05, 3.63) is 23.9 Å². The molecule has 3 rings (SSSR count). The van der Waals surface area contributed by atoms with Crippen LogP contribution in [-0.4, -0.2) is 54.8 Å². The molecule has 0 spiro atoms. The zero-order valence-corrected chi connectivity index (χ0v) is 13.7. The van der Waals surface area contributed by atoms with Crippen molar-refractivity contribution in [2.75, 3.05) is 30.8 Å². The van der Waals surface area contributed by atoms with Crippen molar-refractivity contribution in [2.45, 2.75) is 37.8 Å². The first-order valence-corrected chi connectivity index (χ1v) is 9.67. The van der Waals surface area contributed by atoms with Gasteiger partial charge in [0.25, 0.3) is 0 Å². The fraction of sp³-hybridized carbons (Fsp3) is 0.667. The van der Waals surface area contributed by atoms with Gasteiger partial charge in [-0.15, -0.1) is 0 Å². The van der Waals surface area contributed by atoms with Gasteiger partial charge in [0.15, 0.2) is 0 Å². The van der Waals surface area contributed by atoms with Crippen molar-refractivity contribution in [2.24, 2.45) is 0 Å². The van der Waals surface area contributed by atoms with Crippen molar-refractivity contribution in [1.29, 1.82) is 0 Å². The van der Waals surface area contributed by atoms with E-state index in [0.29, 0.717) is 6.54 Å². The van der Waals surface area contributed by atoms with Crippen molar-refractivity contribution < 1.29 is 13.5 Å². The number of hydrogen-bond donors (Lipinski definition) is 1. The molecular formula is C15H23N3O3S. The number of aliphatic hydroxyl groups is 1. The first kappa shape index (κ1) is 15.7. The number of pyridine rings is 1. The zero-order valence-electron chi connectivity index (χ0n) is 12.9. The molecule has 122 valence electrons. The minimum atomic E-state index is -3.20. The molecule has 1 aromatic heterocycles. The molecule has 22 heavy (non-hydrogen) atoms. The maximum absolute atomic E-state index is 11.9. The standard InChI is InChI=1S/C15H23N3O3S/c1-22(20,21)18-9-3-5-14(18)13-4-2-6-15(16-13)17-10-7-12(19)8-11-17/h2,4,6,12,14,19H,3,5,7-11H2,1H3/t14-/m1/s1. The van der Waals surface area contributed by atoms with Gasteiger partial charge in [0.1, 0.15) is 5.82 Å². The van der Waals surface area contributed by atoms with Crippen LogP contribution in [0.3, 0.4) is 0 Å². The molecule has 6 nitrogen and oxygen atoms in total. The molecule has 0 bridgehead atoms. The Morgan fingerprint density at radius 2 is 1.91 bits per heavy atom. The molecule has 0 unspecified atom stereocenters. The van der Waals surface area contributed by atoms with Crippen LogP contribution in [-0.2, 0) is 10.0 Å². The first-order chi connectivity index (χ1) is 10.4. The molecule has 1 aromatic rings. The van der Waals surface area contributed by atoms with Gasteiger partial charge in [0.2, 0.25) is 10.0 Å².